The fourth-order valence-corrected chi connectivity index (χ4v) is 2.53. The highest BCUT2D eigenvalue weighted by Crippen LogP contribution is 2.27. The molecule has 2 aromatic carbocycles. The number of alkyl halides is 3. The lowest BCUT2D eigenvalue weighted by molar-refractivity contribution is -0.274. The number of aromatic nitrogens is 3. The molecule has 11 heteroatoms. The van der Waals surface area contributed by atoms with Crippen LogP contribution in [-0.2, 0) is 11.3 Å². The third-order valence-electron chi connectivity index (χ3n) is 3.58. The first-order chi connectivity index (χ1) is 13.7. The van der Waals surface area contributed by atoms with Crippen molar-refractivity contribution in [3.05, 3.63) is 65.2 Å². The van der Waals surface area contributed by atoms with Crippen LogP contribution < -0.4 is 9.47 Å². The number of hydrogen-bond donors (Lipinski definition) is 0. The molecule has 1 aromatic heterocycles. The summed E-state index contributed by atoms with van der Waals surface area (Å²) < 4.78 is 52.0. The molecule has 0 aliphatic rings. The van der Waals surface area contributed by atoms with Crippen LogP contribution >= 0.6 is 11.6 Å². The highest BCUT2D eigenvalue weighted by Gasteiger charge is 2.31. The van der Waals surface area contributed by atoms with Gasteiger partial charge in [0.1, 0.15) is 24.4 Å². The number of methoxy groups -OCH3 is 1. The summed E-state index contributed by atoms with van der Waals surface area (Å²) in [6.45, 7) is -0.0143. The summed E-state index contributed by atoms with van der Waals surface area (Å²) in [4.78, 5) is 15.6. The molecule has 3 rings (SSSR count). The van der Waals surface area contributed by atoms with E-state index in [-0.39, 0.29) is 22.9 Å². The molecule has 0 N–H and O–H groups in total. The molecule has 0 aliphatic heterocycles. The molecule has 7 nitrogen and oxygen atoms in total. The number of nitrogens with zero attached hydrogens (tertiary/aromatic N) is 3. The highest BCUT2D eigenvalue weighted by molar-refractivity contribution is 6.32. The highest BCUT2D eigenvalue weighted by atomic mass is 35.5. The zero-order valence-electron chi connectivity index (χ0n) is 14.8. The molecule has 0 spiro atoms. The summed E-state index contributed by atoms with van der Waals surface area (Å²) in [7, 11) is 1.26. The van der Waals surface area contributed by atoms with Crippen LogP contribution in [0, 0.1) is 0 Å². The fourth-order valence-electron chi connectivity index (χ4n) is 2.29. The lowest BCUT2D eigenvalue weighted by Gasteiger charge is -2.09. The predicted molar refractivity (Wildman–Crippen MR) is 95.2 cm³/mol. The van der Waals surface area contributed by atoms with Crippen molar-refractivity contribution in [2.75, 3.05) is 7.11 Å². The SMILES string of the molecule is COC(=O)c1ccc(OCc2ncn(-c3ccc(OC(F)(F)F)cc3)n2)c(Cl)c1. The summed E-state index contributed by atoms with van der Waals surface area (Å²) in [5.74, 6) is -0.224. The summed E-state index contributed by atoms with van der Waals surface area (Å²) in [5, 5.41) is 4.40. The van der Waals surface area contributed by atoms with E-state index in [1.165, 1.54) is 60.6 Å². The summed E-state index contributed by atoms with van der Waals surface area (Å²) in [6.07, 6.45) is -3.37. The first-order valence-corrected chi connectivity index (χ1v) is 8.40. The van der Waals surface area contributed by atoms with Gasteiger partial charge in [-0.3, -0.25) is 0 Å². The smallest absolute Gasteiger partial charge is 0.484 e. The molecule has 1 heterocycles. The standard InChI is InChI=1S/C18H13ClF3N3O4/c1-27-17(26)11-2-7-15(14(19)8-11)28-9-16-23-10-25(24-16)12-3-5-13(6-4-12)29-18(20,21)22/h2-8,10H,9H2,1H3. The van der Waals surface area contributed by atoms with E-state index in [2.05, 4.69) is 19.6 Å². The van der Waals surface area contributed by atoms with Gasteiger partial charge in [-0.1, -0.05) is 11.6 Å². The Hall–Kier alpha value is -3.27. The van der Waals surface area contributed by atoms with Gasteiger partial charge >= 0.3 is 12.3 Å². The van der Waals surface area contributed by atoms with Crippen molar-refractivity contribution in [1.29, 1.82) is 0 Å². The minimum atomic E-state index is -4.75. The fraction of sp³-hybridized carbons (Fsp3) is 0.167. The van der Waals surface area contributed by atoms with Crippen LogP contribution in [0.2, 0.25) is 5.02 Å². The maximum Gasteiger partial charge on any atom is 0.573 e. The zero-order chi connectivity index (χ0) is 21.0. The lowest BCUT2D eigenvalue weighted by atomic mass is 10.2. The minimum Gasteiger partial charge on any atom is -0.484 e. The van der Waals surface area contributed by atoms with Crippen LogP contribution in [-0.4, -0.2) is 34.2 Å². The van der Waals surface area contributed by atoms with Crippen LogP contribution in [0.5, 0.6) is 11.5 Å². The number of hydrogen-bond acceptors (Lipinski definition) is 6. The van der Waals surface area contributed by atoms with Gasteiger partial charge in [0.25, 0.3) is 0 Å². The molecule has 0 radical (unpaired) electrons. The van der Waals surface area contributed by atoms with E-state index in [0.717, 1.165) is 0 Å². The average molecular weight is 428 g/mol. The number of carbonyl (C=O) groups excluding carboxylic acids is 1. The number of benzene rings is 2. The van der Waals surface area contributed by atoms with Crippen molar-refractivity contribution in [3.63, 3.8) is 0 Å². The molecule has 3 aromatic rings. The van der Waals surface area contributed by atoms with Gasteiger partial charge in [0.15, 0.2) is 5.82 Å². The van der Waals surface area contributed by atoms with E-state index in [0.29, 0.717) is 17.3 Å². The third-order valence-corrected chi connectivity index (χ3v) is 3.88. The second-order valence-electron chi connectivity index (χ2n) is 5.57. The molecule has 0 atom stereocenters. The molecule has 0 unspecified atom stereocenters. The van der Waals surface area contributed by atoms with Crippen molar-refractivity contribution in [2.24, 2.45) is 0 Å². The Labute approximate surface area is 167 Å². The molecular formula is C18H13ClF3N3O4. The molecule has 0 amide bonds. The van der Waals surface area contributed by atoms with Crippen LogP contribution in [0.25, 0.3) is 5.69 Å². The zero-order valence-corrected chi connectivity index (χ0v) is 15.6. The van der Waals surface area contributed by atoms with Crippen molar-refractivity contribution in [3.8, 4) is 17.2 Å². The van der Waals surface area contributed by atoms with E-state index in [9.17, 15) is 18.0 Å². The molecule has 0 bridgehead atoms. The van der Waals surface area contributed by atoms with Gasteiger partial charge in [-0.05, 0) is 42.5 Å². The largest absolute Gasteiger partial charge is 0.573 e. The van der Waals surface area contributed by atoms with E-state index in [4.69, 9.17) is 16.3 Å². The number of ether oxygens (including phenoxy) is 3. The molecule has 0 aliphatic carbocycles. The van der Waals surface area contributed by atoms with E-state index in [1.54, 1.807) is 0 Å². The number of carbonyl (C=O) groups is 1. The van der Waals surface area contributed by atoms with Gasteiger partial charge in [-0.15, -0.1) is 18.3 Å². The van der Waals surface area contributed by atoms with Crippen LogP contribution in [0.4, 0.5) is 13.2 Å². The van der Waals surface area contributed by atoms with Gasteiger partial charge in [0.05, 0.1) is 23.4 Å². The molecule has 0 saturated heterocycles. The Morgan fingerprint density at radius 1 is 1.17 bits per heavy atom. The summed E-state index contributed by atoms with van der Waals surface area (Å²) >= 11 is 6.09. The Bertz CT molecular complexity index is 1010. The monoisotopic (exact) mass is 427 g/mol. The third kappa shape index (κ3) is 5.38. The van der Waals surface area contributed by atoms with Gasteiger partial charge in [-0.25, -0.2) is 14.5 Å². The maximum atomic E-state index is 12.2. The van der Waals surface area contributed by atoms with Gasteiger partial charge in [0, 0.05) is 0 Å². The first-order valence-electron chi connectivity index (χ1n) is 8.02. The Morgan fingerprint density at radius 3 is 2.52 bits per heavy atom. The van der Waals surface area contributed by atoms with Crippen molar-refractivity contribution in [2.45, 2.75) is 13.0 Å². The molecule has 0 fully saturated rings. The second-order valence-corrected chi connectivity index (χ2v) is 5.98. The predicted octanol–water partition coefficient (Wildman–Crippen LogP) is 4.18. The molecular weight excluding hydrogens is 415 g/mol. The van der Waals surface area contributed by atoms with Crippen molar-refractivity contribution >= 4 is 17.6 Å². The normalized spacial score (nSPS) is 11.2. The second kappa shape index (κ2) is 8.39. The number of rotatable bonds is 6. The summed E-state index contributed by atoms with van der Waals surface area (Å²) in [5.41, 5.74) is 0.768. The Kier molecular flexibility index (Phi) is 5.92. The van der Waals surface area contributed by atoms with Crippen LogP contribution in [0.15, 0.2) is 48.8 Å². The number of halogens is 4. The Balaban J connectivity index is 1.64. The first kappa shape index (κ1) is 20.5. The van der Waals surface area contributed by atoms with Crippen LogP contribution in [0.3, 0.4) is 0 Å². The maximum absolute atomic E-state index is 12.2. The van der Waals surface area contributed by atoms with E-state index < -0.39 is 12.3 Å². The van der Waals surface area contributed by atoms with Crippen molar-refractivity contribution in [1.82, 2.24) is 14.8 Å². The molecule has 29 heavy (non-hydrogen) atoms. The topological polar surface area (TPSA) is 75.5 Å². The Morgan fingerprint density at radius 2 is 1.90 bits per heavy atom. The van der Waals surface area contributed by atoms with E-state index >= 15 is 0 Å². The summed E-state index contributed by atoms with van der Waals surface area (Å²) in [6, 6.07) is 9.59. The quantitative estimate of drug-likeness (QED) is 0.549. The minimum absolute atomic E-state index is 0.0143. The van der Waals surface area contributed by atoms with Crippen LogP contribution in [0.1, 0.15) is 16.2 Å². The van der Waals surface area contributed by atoms with Gasteiger partial charge < -0.3 is 14.2 Å². The van der Waals surface area contributed by atoms with Crippen molar-refractivity contribution < 1.29 is 32.2 Å². The average Bonchev–Trinajstić information content (AvgIpc) is 3.14. The van der Waals surface area contributed by atoms with Gasteiger partial charge in [0.2, 0.25) is 0 Å². The number of esters is 1. The lowest BCUT2D eigenvalue weighted by Crippen LogP contribution is -2.17. The molecule has 0 saturated carbocycles. The van der Waals surface area contributed by atoms with E-state index in [1.807, 2.05) is 0 Å². The molecule has 152 valence electrons. The van der Waals surface area contributed by atoms with Gasteiger partial charge in [-0.2, -0.15) is 0 Å².